The third-order valence-corrected chi connectivity index (χ3v) is 5.09. The van der Waals surface area contributed by atoms with Crippen LogP contribution in [0, 0.1) is 13.8 Å². The molecule has 7 heteroatoms. The van der Waals surface area contributed by atoms with Gasteiger partial charge in [0.2, 0.25) is 0 Å². The summed E-state index contributed by atoms with van der Waals surface area (Å²) < 4.78 is 10.4. The van der Waals surface area contributed by atoms with Crippen molar-refractivity contribution in [2.24, 2.45) is 0 Å². The van der Waals surface area contributed by atoms with Crippen molar-refractivity contribution in [2.45, 2.75) is 19.9 Å². The Morgan fingerprint density at radius 1 is 1.10 bits per heavy atom. The van der Waals surface area contributed by atoms with Gasteiger partial charge in [-0.1, -0.05) is 35.5 Å². The number of aliphatic hydroxyl groups is 1. The van der Waals surface area contributed by atoms with Gasteiger partial charge < -0.3 is 14.4 Å². The summed E-state index contributed by atoms with van der Waals surface area (Å²) >= 11 is 0. The molecule has 2 heterocycles. The van der Waals surface area contributed by atoms with Gasteiger partial charge in [-0.05, 0) is 43.2 Å². The van der Waals surface area contributed by atoms with Crippen LogP contribution in [-0.2, 0) is 9.59 Å². The highest BCUT2D eigenvalue weighted by Crippen LogP contribution is 2.42. The fraction of sp³-hybridized carbons (Fsp3) is 0.174. The van der Waals surface area contributed by atoms with Crippen LogP contribution in [0.1, 0.15) is 28.5 Å². The van der Waals surface area contributed by atoms with E-state index in [-0.39, 0.29) is 17.2 Å². The van der Waals surface area contributed by atoms with E-state index in [2.05, 4.69) is 5.16 Å². The highest BCUT2D eigenvalue weighted by molar-refractivity contribution is 6.51. The van der Waals surface area contributed by atoms with E-state index >= 15 is 0 Å². The van der Waals surface area contributed by atoms with E-state index in [0.29, 0.717) is 22.6 Å². The van der Waals surface area contributed by atoms with Crippen molar-refractivity contribution in [3.63, 3.8) is 0 Å². The SMILES string of the molecule is COc1ccc(/C(O)=C2\C(=O)C(=O)N(c3cc(C)on3)[C@@H]2c2ccccc2)cc1C. The van der Waals surface area contributed by atoms with Crippen LogP contribution in [0.2, 0.25) is 0 Å². The van der Waals surface area contributed by atoms with Gasteiger partial charge in [0.25, 0.3) is 5.78 Å². The van der Waals surface area contributed by atoms with E-state index in [1.807, 2.05) is 13.0 Å². The molecule has 0 spiro atoms. The summed E-state index contributed by atoms with van der Waals surface area (Å²) in [6.07, 6.45) is 0. The minimum Gasteiger partial charge on any atom is -0.507 e. The van der Waals surface area contributed by atoms with E-state index in [9.17, 15) is 14.7 Å². The molecule has 1 fully saturated rings. The number of methoxy groups -OCH3 is 1. The van der Waals surface area contributed by atoms with Crippen LogP contribution in [0.15, 0.2) is 64.7 Å². The van der Waals surface area contributed by atoms with Gasteiger partial charge in [0.15, 0.2) is 5.82 Å². The number of ketones is 1. The molecule has 0 radical (unpaired) electrons. The molecule has 0 aliphatic carbocycles. The van der Waals surface area contributed by atoms with E-state index < -0.39 is 17.7 Å². The summed E-state index contributed by atoms with van der Waals surface area (Å²) in [5, 5.41) is 15.0. The van der Waals surface area contributed by atoms with Gasteiger partial charge in [0.05, 0.1) is 18.7 Å². The zero-order valence-electron chi connectivity index (χ0n) is 16.7. The Labute approximate surface area is 173 Å². The van der Waals surface area contributed by atoms with Crippen LogP contribution in [0.3, 0.4) is 0 Å². The first-order valence-electron chi connectivity index (χ1n) is 9.36. The summed E-state index contributed by atoms with van der Waals surface area (Å²) in [6, 6.07) is 14.9. The molecule has 152 valence electrons. The van der Waals surface area contributed by atoms with Crippen molar-refractivity contribution in [3.8, 4) is 5.75 Å². The smallest absolute Gasteiger partial charge is 0.301 e. The van der Waals surface area contributed by atoms with Crippen molar-refractivity contribution in [3.05, 3.63) is 82.6 Å². The van der Waals surface area contributed by atoms with Gasteiger partial charge in [-0.2, -0.15) is 0 Å². The molecule has 1 N–H and O–H groups in total. The minimum absolute atomic E-state index is 0.00331. The van der Waals surface area contributed by atoms with Crippen LogP contribution < -0.4 is 9.64 Å². The van der Waals surface area contributed by atoms with Gasteiger partial charge in [-0.25, -0.2) is 0 Å². The zero-order valence-corrected chi connectivity index (χ0v) is 16.7. The number of anilines is 1. The average molecular weight is 404 g/mol. The molecule has 1 amide bonds. The van der Waals surface area contributed by atoms with Crippen molar-refractivity contribution in [2.75, 3.05) is 12.0 Å². The van der Waals surface area contributed by atoms with Crippen LogP contribution in [0.4, 0.5) is 5.82 Å². The molecule has 4 rings (SSSR count). The molecule has 0 bridgehead atoms. The van der Waals surface area contributed by atoms with Gasteiger partial charge >= 0.3 is 5.91 Å². The van der Waals surface area contributed by atoms with Gasteiger partial charge in [0.1, 0.15) is 17.3 Å². The molecule has 30 heavy (non-hydrogen) atoms. The minimum atomic E-state index is -0.835. The molecule has 3 aromatic rings. The van der Waals surface area contributed by atoms with Crippen LogP contribution in [-0.4, -0.2) is 29.1 Å². The Balaban J connectivity index is 1.92. The number of hydrogen-bond acceptors (Lipinski definition) is 6. The van der Waals surface area contributed by atoms with Crippen molar-refractivity contribution >= 4 is 23.3 Å². The zero-order chi connectivity index (χ0) is 21.4. The third-order valence-electron chi connectivity index (χ3n) is 5.09. The predicted molar refractivity (Wildman–Crippen MR) is 110 cm³/mol. The van der Waals surface area contributed by atoms with E-state index in [1.54, 1.807) is 62.6 Å². The van der Waals surface area contributed by atoms with Crippen molar-refractivity contribution in [1.29, 1.82) is 0 Å². The lowest BCUT2D eigenvalue weighted by atomic mass is 9.95. The molecule has 1 aliphatic rings. The van der Waals surface area contributed by atoms with E-state index in [1.165, 1.54) is 4.90 Å². The Morgan fingerprint density at radius 3 is 2.43 bits per heavy atom. The summed E-state index contributed by atoms with van der Waals surface area (Å²) in [5.74, 6) is -0.433. The second kappa shape index (κ2) is 7.51. The number of hydrogen-bond donors (Lipinski definition) is 1. The normalized spacial score (nSPS) is 18.1. The maximum absolute atomic E-state index is 13.0. The summed E-state index contributed by atoms with van der Waals surface area (Å²) in [7, 11) is 1.56. The molecule has 1 aromatic heterocycles. The Hall–Kier alpha value is -3.87. The van der Waals surface area contributed by atoms with Gasteiger partial charge in [-0.3, -0.25) is 14.5 Å². The highest BCUT2D eigenvalue weighted by atomic mass is 16.5. The first-order valence-corrected chi connectivity index (χ1v) is 9.36. The third kappa shape index (κ3) is 3.14. The Bertz CT molecular complexity index is 1160. The molecule has 1 saturated heterocycles. The lowest BCUT2D eigenvalue weighted by Crippen LogP contribution is -2.29. The van der Waals surface area contributed by atoms with Crippen LogP contribution >= 0.6 is 0 Å². The number of Topliss-reactive ketones (excluding diaryl/α,β-unsaturated/α-hetero) is 1. The number of carbonyl (C=O) groups is 2. The lowest BCUT2D eigenvalue weighted by molar-refractivity contribution is -0.132. The molecule has 0 saturated carbocycles. The Morgan fingerprint density at radius 2 is 1.83 bits per heavy atom. The Kier molecular flexibility index (Phi) is 4.87. The van der Waals surface area contributed by atoms with Crippen LogP contribution in [0.5, 0.6) is 5.75 Å². The fourth-order valence-corrected chi connectivity index (χ4v) is 3.67. The first kappa shape index (κ1) is 19.4. The van der Waals surface area contributed by atoms with Gasteiger partial charge in [-0.15, -0.1) is 0 Å². The summed E-state index contributed by atoms with van der Waals surface area (Å²) in [6.45, 7) is 3.53. The van der Waals surface area contributed by atoms with Crippen LogP contribution in [0.25, 0.3) is 5.76 Å². The largest absolute Gasteiger partial charge is 0.507 e. The number of amides is 1. The van der Waals surface area contributed by atoms with Crippen molar-refractivity contribution in [1.82, 2.24) is 5.16 Å². The van der Waals surface area contributed by atoms with E-state index in [4.69, 9.17) is 9.26 Å². The number of benzene rings is 2. The quantitative estimate of drug-likeness (QED) is 0.402. The van der Waals surface area contributed by atoms with E-state index in [0.717, 1.165) is 5.56 Å². The maximum atomic E-state index is 13.0. The summed E-state index contributed by atoms with van der Waals surface area (Å²) in [4.78, 5) is 27.2. The first-order chi connectivity index (χ1) is 14.4. The number of aliphatic hydroxyl groups excluding tert-OH is 1. The number of rotatable bonds is 4. The number of aromatic nitrogens is 1. The number of nitrogens with zero attached hydrogens (tertiary/aromatic N) is 2. The number of aryl methyl sites for hydroxylation is 2. The second-order valence-corrected chi connectivity index (χ2v) is 7.06. The summed E-state index contributed by atoms with van der Waals surface area (Å²) in [5.41, 5.74) is 1.88. The molecule has 7 nitrogen and oxygen atoms in total. The lowest BCUT2D eigenvalue weighted by Gasteiger charge is -2.22. The predicted octanol–water partition coefficient (Wildman–Crippen LogP) is 3.93. The molecular formula is C23H20N2O5. The average Bonchev–Trinajstić information content (AvgIpc) is 3.29. The standard InChI is InChI=1S/C23H20N2O5/c1-13-11-16(9-10-17(13)29-3)21(26)19-20(15-7-5-4-6-8-15)25(23(28)22(19)27)18-12-14(2)30-24-18/h4-12,20,26H,1-3H3/b21-19+/t20-/m1/s1. The number of ether oxygens (including phenoxy) is 1. The van der Waals surface area contributed by atoms with Crippen molar-refractivity contribution < 1.29 is 24.0 Å². The maximum Gasteiger partial charge on any atom is 0.301 e. The molecule has 2 aromatic carbocycles. The highest BCUT2D eigenvalue weighted by Gasteiger charge is 2.48. The fourth-order valence-electron chi connectivity index (χ4n) is 3.67. The molecule has 1 atom stereocenters. The molecule has 1 aliphatic heterocycles. The molecular weight excluding hydrogens is 384 g/mol. The number of carbonyl (C=O) groups excluding carboxylic acids is 2. The monoisotopic (exact) mass is 404 g/mol. The van der Waals surface area contributed by atoms with Gasteiger partial charge in [0, 0.05) is 11.6 Å². The molecule has 0 unspecified atom stereocenters. The topological polar surface area (TPSA) is 92.9 Å². The second-order valence-electron chi connectivity index (χ2n) is 7.06.